The average Bonchev–Trinajstić information content (AvgIpc) is 2.79. The van der Waals surface area contributed by atoms with Crippen LogP contribution in [0.25, 0.3) is 16.8 Å². The maximum Gasteiger partial charge on any atom is 0.272 e. The molecule has 0 amide bonds. The summed E-state index contributed by atoms with van der Waals surface area (Å²) < 4.78 is 6.65. The van der Waals surface area contributed by atoms with Gasteiger partial charge in [-0.2, -0.15) is 0 Å². The third kappa shape index (κ3) is 2.46. The predicted molar refractivity (Wildman–Crippen MR) is 81.7 cm³/mol. The fourth-order valence-electron chi connectivity index (χ4n) is 2.37. The number of aryl methyl sites for hydroxylation is 1. The summed E-state index contributed by atoms with van der Waals surface area (Å²) in [5.41, 5.74) is 3.72. The van der Waals surface area contributed by atoms with E-state index in [4.69, 9.17) is 16.3 Å². The van der Waals surface area contributed by atoms with Gasteiger partial charge in [0.05, 0.1) is 12.3 Å². The van der Waals surface area contributed by atoms with Crippen LogP contribution in [0.15, 0.2) is 35.1 Å². The molecule has 0 unspecified atom stereocenters. The first-order valence-electron chi connectivity index (χ1n) is 6.46. The van der Waals surface area contributed by atoms with E-state index in [1.54, 1.807) is 14.0 Å². The molecule has 0 saturated carbocycles. The van der Waals surface area contributed by atoms with Gasteiger partial charge in [-0.05, 0) is 24.6 Å². The second kappa shape index (κ2) is 5.35. The highest BCUT2D eigenvalue weighted by Crippen LogP contribution is 2.28. The van der Waals surface area contributed by atoms with Gasteiger partial charge in [0.15, 0.2) is 5.65 Å². The second-order valence-electron chi connectivity index (χ2n) is 4.80. The summed E-state index contributed by atoms with van der Waals surface area (Å²) in [6.45, 7) is 2.16. The van der Waals surface area contributed by atoms with Crippen LogP contribution in [-0.4, -0.2) is 21.7 Å². The van der Waals surface area contributed by atoms with E-state index >= 15 is 0 Å². The zero-order valence-electron chi connectivity index (χ0n) is 11.7. The molecule has 0 aliphatic rings. The standard InChI is InChI=1S/C15H14ClN3O2/c1-9-7-13(20)19-15(17-9)14(12(18-19)8-21-2)10-3-5-11(16)6-4-10/h3-7,18H,8H2,1-2H3. The van der Waals surface area contributed by atoms with Gasteiger partial charge in [0.1, 0.15) is 0 Å². The number of aromatic amines is 1. The van der Waals surface area contributed by atoms with Crippen molar-refractivity contribution in [1.29, 1.82) is 0 Å². The van der Waals surface area contributed by atoms with E-state index in [1.165, 1.54) is 10.6 Å². The molecule has 2 heterocycles. The van der Waals surface area contributed by atoms with Crippen molar-refractivity contribution in [1.82, 2.24) is 14.6 Å². The zero-order chi connectivity index (χ0) is 15.0. The number of nitrogens with zero attached hydrogens (tertiary/aromatic N) is 2. The third-order valence-corrected chi connectivity index (χ3v) is 3.49. The van der Waals surface area contributed by atoms with Gasteiger partial charge in [0.2, 0.25) is 0 Å². The van der Waals surface area contributed by atoms with Crippen LogP contribution < -0.4 is 5.56 Å². The van der Waals surface area contributed by atoms with Crippen molar-refractivity contribution in [3.63, 3.8) is 0 Å². The van der Waals surface area contributed by atoms with E-state index in [-0.39, 0.29) is 5.56 Å². The van der Waals surface area contributed by atoms with Crippen LogP contribution in [0, 0.1) is 6.92 Å². The Morgan fingerprint density at radius 3 is 2.71 bits per heavy atom. The molecule has 6 heteroatoms. The Morgan fingerprint density at radius 1 is 1.33 bits per heavy atom. The van der Waals surface area contributed by atoms with E-state index in [9.17, 15) is 4.79 Å². The highest BCUT2D eigenvalue weighted by molar-refractivity contribution is 6.30. The molecular formula is C15H14ClN3O2. The van der Waals surface area contributed by atoms with Gasteiger partial charge in [-0.25, -0.2) is 9.50 Å². The topological polar surface area (TPSA) is 59.4 Å². The quantitative estimate of drug-likeness (QED) is 0.809. The fourth-order valence-corrected chi connectivity index (χ4v) is 2.49. The smallest absolute Gasteiger partial charge is 0.272 e. The lowest BCUT2D eigenvalue weighted by Crippen LogP contribution is -2.14. The number of methoxy groups -OCH3 is 1. The maximum atomic E-state index is 12.1. The Labute approximate surface area is 126 Å². The number of aromatic nitrogens is 3. The van der Waals surface area contributed by atoms with Gasteiger partial charge in [-0.15, -0.1) is 0 Å². The normalized spacial score (nSPS) is 11.2. The Morgan fingerprint density at radius 2 is 2.05 bits per heavy atom. The van der Waals surface area contributed by atoms with Gasteiger partial charge in [-0.1, -0.05) is 23.7 Å². The summed E-state index contributed by atoms with van der Waals surface area (Å²) in [6.07, 6.45) is 0. The van der Waals surface area contributed by atoms with Crippen molar-refractivity contribution in [2.24, 2.45) is 0 Å². The number of nitrogens with one attached hydrogen (secondary N) is 1. The van der Waals surface area contributed by atoms with Gasteiger partial charge in [0, 0.05) is 29.5 Å². The van der Waals surface area contributed by atoms with Gasteiger partial charge < -0.3 is 4.74 Å². The molecule has 1 N–H and O–H groups in total. The molecule has 0 fully saturated rings. The van der Waals surface area contributed by atoms with Gasteiger partial charge >= 0.3 is 0 Å². The number of halogens is 1. The molecule has 0 radical (unpaired) electrons. The molecule has 1 aromatic carbocycles. The summed E-state index contributed by atoms with van der Waals surface area (Å²) >= 11 is 5.94. The van der Waals surface area contributed by atoms with Crippen LogP contribution in [0.2, 0.25) is 5.02 Å². The lowest BCUT2D eigenvalue weighted by Gasteiger charge is -2.03. The minimum atomic E-state index is -0.143. The first-order valence-corrected chi connectivity index (χ1v) is 6.84. The van der Waals surface area contributed by atoms with Crippen molar-refractivity contribution >= 4 is 17.2 Å². The van der Waals surface area contributed by atoms with Crippen LogP contribution in [0.3, 0.4) is 0 Å². The first-order chi connectivity index (χ1) is 10.1. The van der Waals surface area contributed by atoms with Gasteiger partial charge in [0.25, 0.3) is 5.56 Å². The fraction of sp³-hybridized carbons (Fsp3) is 0.200. The summed E-state index contributed by atoms with van der Waals surface area (Å²) in [6, 6.07) is 8.92. The Balaban J connectivity index is 2.34. The number of ether oxygens (including phenoxy) is 1. The summed E-state index contributed by atoms with van der Waals surface area (Å²) in [5.74, 6) is 0. The molecule has 0 atom stereocenters. The van der Waals surface area contributed by atoms with E-state index in [0.29, 0.717) is 23.0 Å². The zero-order valence-corrected chi connectivity index (χ0v) is 12.4. The Hall–Kier alpha value is -2.11. The molecule has 108 valence electrons. The van der Waals surface area contributed by atoms with E-state index in [1.807, 2.05) is 24.3 Å². The van der Waals surface area contributed by atoms with Crippen LogP contribution in [0.5, 0.6) is 0 Å². The molecule has 0 spiro atoms. The largest absolute Gasteiger partial charge is 0.378 e. The second-order valence-corrected chi connectivity index (χ2v) is 5.24. The molecule has 0 aliphatic carbocycles. The number of H-pyrrole nitrogens is 1. The molecule has 0 aliphatic heterocycles. The Bertz CT molecular complexity index is 850. The highest BCUT2D eigenvalue weighted by Gasteiger charge is 2.16. The molecule has 2 aromatic heterocycles. The molecule has 3 aromatic rings. The lowest BCUT2D eigenvalue weighted by atomic mass is 10.1. The molecular weight excluding hydrogens is 290 g/mol. The summed E-state index contributed by atoms with van der Waals surface area (Å²) in [7, 11) is 1.61. The van der Waals surface area contributed by atoms with Crippen molar-refractivity contribution in [3.8, 4) is 11.1 Å². The van der Waals surface area contributed by atoms with Crippen LogP contribution in [0.1, 0.15) is 11.4 Å². The predicted octanol–water partition coefficient (Wildman–Crippen LogP) is 2.80. The lowest BCUT2D eigenvalue weighted by molar-refractivity contribution is 0.181. The molecule has 0 bridgehead atoms. The van der Waals surface area contributed by atoms with Crippen LogP contribution >= 0.6 is 11.6 Å². The highest BCUT2D eigenvalue weighted by atomic mass is 35.5. The average molecular weight is 304 g/mol. The number of hydrogen-bond acceptors (Lipinski definition) is 3. The van der Waals surface area contributed by atoms with Crippen molar-refractivity contribution < 1.29 is 4.74 Å². The van der Waals surface area contributed by atoms with Crippen LogP contribution in [0.4, 0.5) is 0 Å². The Kier molecular flexibility index (Phi) is 3.53. The number of rotatable bonds is 3. The minimum absolute atomic E-state index is 0.143. The molecule has 0 saturated heterocycles. The van der Waals surface area contributed by atoms with Crippen molar-refractivity contribution in [2.45, 2.75) is 13.5 Å². The van der Waals surface area contributed by atoms with Crippen LogP contribution in [-0.2, 0) is 11.3 Å². The molecule has 3 rings (SSSR count). The van der Waals surface area contributed by atoms with E-state index < -0.39 is 0 Å². The monoisotopic (exact) mass is 303 g/mol. The molecule has 5 nitrogen and oxygen atoms in total. The SMILES string of the molecule is COCc1[nH]n2c(=O)cc(C)nc2c1-c1ccc(Cl)cc1. The summed E-state index contributed by atoms with van der Waals surface area (Å²) in [5, 5.41) is 3.72. The third-order valence-electron chi connectivity index (χ3n) is 3.24. The van der Waals surface area contributed by atoms with Crippen molar-refractivity contribution in [2.75, 3.05) is 7.11 Å². The maximum absolute atomic E-state index is 12.1. The summed E-state index contributed by atoms with van der Waals surface area (Å²) in [4.78, 5) is 16.6. The van der Waals surface area contributed by atoms with E-state index in [0.717, 1.165) is 16.8 Å². The van der Waals surface area contributed by atoms with Crippen molar-refractivity contribution in [3.05, 3.63) is 57.1 Å². The van der Waals surface area contributed by atoms with Gasteiger partial charge in [-0.3, -0.25) is 9.89 Å². The number of benzene rings is 1. The first kappa shape index (κ1) is 13.9. The van der Waals surface area contributed by atoms with E-state index in [2.05, 4.69) is 10.1 Å². The number of fused-ring (bicyclic) bond motifs is 1. The molecule has 21 heavy (non-hydrogen) atoms. The minimum Gasteiger partial charge on any atom is -0.378 e. The number of hydrogen-bond donors (Lipinski definition) is 1.